The van der Waals surface area contributed by atoms with Crippen LogP contribution in [0.2, 0.25) is 0 Å². The molecule has 1 aromatic heterocycles. The van der Waals surface area contributed by atoms with Gasteiger partial charge in [-0.25, -0.2) is 0 Å². The van der Waals surface area contributed by atoms with E-state index in [4.69, 9.17) is 5.73 Å². The lowest BCUT2D eigenvalue weighted by Crippen LogP contribution is -2.34. The summed E-state index contributed by atoms with van der Waals surface area (Å²) in [7, 11) is 0. The van der Waals surface area contributed by atoms with Crippen LogP contribution in [0.25, 0.3) is 0 Å². The number of hydrogen-bond acceptors (Lipinski definition) is 4. The number of hydrogen-bond donors (Lipinski definition) is 3. The second kappa shape index (κ2) is 3.60. The van der Waals surface area contributed by atoms with Gasteiger partial charge in [0.15, 0.2) is 11.8 Å². The van der Waals surface area contributed by atoms with Crippen LogP contribution >= 0.6 is 0 Å². The Morgan fingerprint density at radius 1 is 1.71 bits per heavy atom. The van der Waals surface area contributed by atoms with Crippen LogP contribution in [0.1, 0.15) is 31.6 Å². The average molecular weight is 195 g/mol. The van der Waals surface area contributed by atoms with Crippen molar-refractivity contribution >= 4 is 5.96 Å². The highest BCUT2D eigenvalue weighted by Gasteiger charge is 2.21. The van der Waals surface area contributed by atoms with Crippen molar-refractivity contribution in [3.8, 4) is 0 Å². The molecular weight excluding hydrogens is 182 g/mol. The molecule has 4 N–H and O–H groups in total. The summed E-state index contributed by atoms with van der Waals surface area (Å²) in [6.07, 6.45) is 2.28. The molecule has 76 valence electrons. The molecule has 7 nitrogen and oxygen atoms in total. The van der Waals surface area contributed by atoms with Gasteiger partial charge < -0.3 is 11.1 Å². The number of aromatic nitrogens is 4. The highest BCUT2D eigenvalue weighted by molar-refractivity contribution is 5.78. The summed E-state index contributed by atoms with van der Waals surface area (Å²) < 4.78 is 0. The molecule has 0 aliphatic heterocycles. The largest absolute Gasteiger partial charge is 0.370 e. The van der Waals surface area contributed by atoms with Crippen LogP contribution < -0.4 is 11.1 Å². The van der Waals surface area contributed by atoms with E-state index in [2.05, 4.69) is 30.9 Å². The second-order valence-electron chi connectivity index (χ2n) is 3.38. The van der Waals surface area contributed by atoms with Gasteiger partial charge in [-0.2, -0.15) is 5.21 Å². The first-order valence-electron chi connectivity index (χ1n) is 4.59. The molecule has 2 rings (SSSR count). The van der Waals surface area contributed by atoms with Crippen molar-refractivity contribution in [2.45, 2.75) is 31.8 Å². The maximum Gasteiger partial charge on any atom is 0.196 e. The smallest absolute Gasteiger partial charge is 0.196 e. The number of H-pyrrole nitrogens is 1. The van der Waals surface area contributed by atoms with Gasteiger partial charge in [-0.3, -0.25) is 4.99 Å². The van der Waals surface area contributed by atoms with Crippen molar-refractivity contribution in [3.05, 3.63) is 5.82 Å². The van der Waals surface area contributed by atoms with Gasteiger partial charge in [0.1, 0.15) is 0 Å². The van der Waals surface area contributed by atoms with Crippen molar-refractivity contribution in [1.29, 1.82) is 0 Å². The summed E-state index contributed by atoms with van der Waals surface area (Å²) in [5.74, 6) is 1.03. The molecule has 0 bridgehead atoms. The molecule has 0 radical (unpaired) electrons. The Morgan fingerprint density at radius 2 is 2.50 bits per heavy atom. The molecule has 1 atom stereocenters. The molecule has 1 aliphatic carbocycles. The fourth-order valence-electron chi connectivity index (χ4n) is 1.08. The maximum absolute atomic E-state index is 5.67. The van der Waals surface area contributed by atoms with Gasteiger partial charge in [-0.15, -0.1) is 10.2 Å². The fraction of sp³-hybridized carbons (Fsp3) is 0.714. The molecular formula is C7H13N7. The van der Waals surface area contributed by atoms with Crippen LogP contribution in [0.3, 0.4) is 0 Å². The molecule has 0 amide bonds. The van der Waals surface area contributed by atoms with Gasteiger partial charge in [0, 0.05) is 0 Å². The van der Waals surface area contributed by atoms with Crippen molar-refractivity contribution in [2.24, 2.45) is 10.7 Å². The molecule has 1 heterocycles. The fourth-order valence-corrected chi connectivity index (χ4v) is 1.08. The summed E-state index contributed by atoms with van der Waals surface area (Å²) in [5, 5.41) is 16.5. The highest BCUT2D eigenvalue weighted by atomic mass is 15.5. The molecule has 0 aromatic carbocycles. The molecule has 1 saturated carbocycles. The Bertz CT molecular complexity index is 313. The van der Waals surface area contributed by atoms with Crippen LogP contribution in [0, 0.1) is 0 Å². The number of nitrogens with zero attached hydrogens (tertiary/aromatic N) is 4. The summed E-state index contributed by atoms with van der Waals surface area (Å²) in [5.41, 5.74) is 5.67. The highest BCUT2D eigenvalue weighted by Crippen LogP contribution is 2.23. The third kappa shape index (κ3) is 2.18. The number of nitrogens with one attached hydrogen (secondary N) is 2. The summed E-state index contributed by atoms with van der Waals surface area (Å²) in [4.78, 5) is 4.24. The second-order valence-corrected chi connectivity index (χ2v) is 3.38. The molecule has 1 unspecified atom stereocenters. The first-order valence-corrected chi connectivity index (χ1v) is 4.59. The summed E-state index contributed by atoms with van der Waals surface area (Å²) in [6.45, 7) is 1.90. The Labute approximate surface area is 81.2 Å². The van der Waals surface area contributed by atoms with Crippen molar-refractivity contribution < 1.29 is 0 Å². The monoisotopic (exact) mass is 195 g/mol. The van der Waals surface area contributed by atoms with Crippen molar-refractivity contribution in [1.82, 2.24) is 25.9 Å². The lowest BCUT2D eigenvalue weighted by atomic mass is 10.3. The number of guanidine groups is 1. The Kier molecular flexibility index (Phi) is 2.30. The molecule has 0 saturated heterocycles. The lowest BCUT2D eigenvalue weighted by Gasteiger charge is -2.09. The minimum atomic E-state index is -0.0729. The Morgan fingerprint density at radius 3 is 3.07 bits per heavy atom. The van der Waals surface area contributed by atoms with E-state index in [0.717, 1.165) is 12.8 Å². The first kappa shape index (κ1) is 8.92. The topological polar surface area (TPSA) is 105 Å². The van der Waals surface area contributed by atoms with E-state index in [1.165, 1.54) is 0 Å². The van der Waals surface area contributed by atoms with Crippen molar-refractivity contribution in [2.75, 3.05) is 0 Å². The van der Waals surface area contributed by atoms with E-state index in [1.807, 2.05) is 6.92 Å². The number of nitrogens with two attached hydrogens (primary N) is 1. The van der Waals surface area contributed by atoms with E-state index in [1.54, 1.807) is 0 Å². The van der Waals surface area contributed by atoms with Gasteiger partial charge in [0.05, 0.1) is 12.1 Å². The van der Waals surface area contributed by atoms with Crippen LogP contribution in [0.4, 0.5) is 0 Å². The molecule has 7 heteroatoms. The number of tetrazole rings is 1. The van der Waals surface area contributed by atoms with Crippen LogP contribution in [0.5, 0.6) is 0 Å². The first-order chi connectivity index (χ1) is 6.75. The van der Waals surface area contributed by atoms with Gasteiger partial charge in [0.2, 0.25) is 0 Å². The number of aliphatic imine (C=N–C) groups is 1. The summed E-state index contributed by atoms with van der Waals surface area (Å²) >= 11 is 0. The van der Waals surface area contributed by atoms with E-state index in [-0.39, 0.29) is 6.04 Å². The Hall–Kier alpha value is -1.66. The van der Waals surface area contributed by atoms with E-state index in [9.17, 15) is 0 Å². The third-order valence-corrected chi connectivity index (χ3v) is 1.98. The van der Waals surface area contributed by atoms with Crippen LogP contribution in [-0.2, 0) is 0 Å². The molecule has 1 aromatic rings. The van der Waals surface area contributed by atoms with Crippen LogP contribution in [-0.4, -0.2) is 32.6 Å². The van der Waals surface area contributed by atoms with Crippen LogP contribution in [0.15, 0.2) is 4.99 Å². The zero-order chi connectivity index (χ0) is 9.97. The normalized spacial score (nSPS) is 19.4. The number of aromatic amines is 1. The molecule has 14 heavy (non-hydrogen) atoms. The third-order valence-electron chi connectivity index (χ3n) is 1.98. The van der Waals surface area contributed by atoms with Crippen molar-refractivity contribution in [3.63, 3.8) is 0 Å². The lowest BCUT2D eigenvalue weighted by molar-refractivity contribution is 0.658. The SMILES string of the molecule is CC(NC(N)=NC1CC1)c1nn[nH]n1. The minimum absolute atomic E-state index is 0.0729. The predicted octanol–water partition coefficient (Wildman–Crippen LogP) is -0.673. The minimum Gasteiger partial charge on any atom is -0.370 e. The van der Waals surface area contributed by atoms with E-state index in [0.29, 0.717) is 17.8 Å². The van der Waals surface area contributed by atoms with Gasteiger partial charge in [-0.1, -0.05) is 5.21 Å². The molecule has 1 aliphatic rings. The van der Waals surface area contributed by atoms with E-state index >= 15 is 0 Å². The molecule has 0 spiro atoms. The Balaban J connectivity index is 1.90. The predicted molar refractivity (Wildman–Crippen MR) is 50.4 cm³/mol. The average Bonchev–Trinajstić information content (AvgIpc) is 2.80. The van der Waals surface area contributed by atoms with E-state index < -0.39 is 0 Å². The summed E-state index contributed by atoms with van der Waals surface area (Å²) in [6, 6.07) is 0.344. The van der Waals surface area contributed by atoms with Gasteiger partial charge in [0.25, 0.3) is 0 Å². The van der Waals surface area contributed by atoms with Gasteiger partial charge >= 0.3 is 0 Å². The molecule has 1 fully saturated rings. The van der Waals surface area contributed by atoms with Gasteiger partial charge in [-0.05, 0) is 19.8 Å². The zero-order valence-electron chi connectivity index (χ0n) is 7.94. The maximum atomic E-state index is 5.67. The quantitative estimate of drug-likeness (QED) is 0.438. The number of rotatable bonds is 3. The standard InChI is InChI=1S/C7H13N7/c1-4(6-11-13-14-12-6)9-7(8)10-5-2-3-5/h4-5H,2-3H2,1H3,(H3,8,9,10)(H,11,12,13,14). The zero-order valence-corrected chi connectivity index (χ0v) is 7.94.